The molecule has 0 fully saturated rings. The lowest BCUT2D eigenvalue weighted by molar-refractivity contribution is -0.117. The first-order chi connectivity index (χ1) is 9.26. The molecule has 3 N–H and O–H groups in total. The Morgan fingerprint density at radius 2 is 1.70 bits per heavy atom. The highest BCUT2D eigenvalue weighted by Crippen LogP contribution is 2.26. The molecule has 1 amide bonds. The predicted molar refractivity (Wildman–Crippen MR) is 80.2 cm³/mol. The van der Waals surface area contributed by atoms with Gasteiger partial charge in [0, 0.05) is 36.3 Å². The molecule has 1 aromatic carbocycles. The second-order valence-electron chi connectivity index (χ2n) is 5.83. The van der Waals surface area contributed by atoms with Crippen LogP contribution in [0.25, 0.3) is 0 Å². The SMILES string of the molecule is COc1cc(NC(=O)CC(N)C(C)(C)C)cc(OC)c1. The second kappa shape index (κ2) is 6.61. The lowest BCUT2D eigenvalue weighted by Crippen LogP contribution is -2.38. The van der Waals surface area contributed by atoms with E-state index in [1.807, 2.05) is 20.8 Å². The smallest absolute Gasteiger partial charge is 0.225 e. The van der Waals surface area contributed by atoms with Crippen LogP contribution in [0.5, 0.6) is 11.5 Å². The van der Waals surface area contributed by atoms with Crippen LogP contribution in [-0.4, -0.2) is 26.2 Å². The van der Waals surface area contributed by atoms with Crippen LogP contribution in [-0.2, 0) is 4.79 Å². The fourth-order valence-corrected chi connectivity index (χ4v) is 1.60. The van der Waals surface area contributed by atoms with Crippen molar-refractivity contribution in [2.24, 2.45) is 11.1 Å². The van der Waals surface area contributed by atoms with Crippen molar-refractivity contribution in [2.45, 2.75) is 33.2 Å². The molecule has 0 heterocycles. The molecule has 0 aliphatic carbocycles. The monoisotopic (exact) mass is 280 g/mol. The molecule has 5 heteroatoms. The molecular weight excluding hydrogens is 256 g/mol. The fraction of sp³-hybridized carbons (Fsp3) is 0.533. The Bertz CT molecular complexity index is 444. The van der Waals surface area contributed by atoms with Crippen molar-refractivity contribution in [1.82, 2.24) is 0 Å². The van der Waals surface area contributed by atoms with E-state index >= 15 is 0 Å². The highest BCUT2D eigenvalue weighted by molar-refractivity contribution is 5.91. The minimum atomic E-state index is -0.199. The van der Waals surface area contributed by atoms with Gasteiger partial charge >= 0.3 is 0 Å². The third-order valence-corrected chi connectivity index (χ3v) is 3.15. The molecule has 0 spiro atoms. The van der Waals surface area contributed by atoms with Gasteiger partial charge in [0.15, 0.2) is 0 Å². The summed E-state index contributed by atoms with van der Waals surface area (Å²) in [6.45, 7) is 6.04. The minimum absolute atomic E-state index is 0.108. The molecule has 0 saturated heterocycles. The Balaban J connectivity index is 2.75. The molecule has 1 rings (SSSR count). The summed E-state index contributed by atoms with van der Waals surface area (Å²) in [5, 5.41) is 2.82. The molecule has 112 valence electrons. The molecule has 1 atom stereocenters. The summed E-state index contributed by atoms with van der Waals surface area (Å²) < 4.78 is 10.3. The Hall–Kier alpha value is -1.75. The Morgan fingerprint density at radius 1 is 1.20 bits per heavy atom. The van der Waals surface area contributed by atoms with Crippen molar-refractivity contribution in [2.75, 3.05) is 19.5 Å². The Labute approximate surface area is 120 Å². The molecule has 20 heavy (non-hydrogen) atoms. The number of nitrogens with two attached hydrogens (primary N) is 1. The largest absolute Gasteiger partial charge is 0.497 e. The average molecular weight is 280 g/mol. The quantitative estimate of drug-likeness (QED) is 0.868. The van der Waals surface area contributed by atoms with Crippen LogP contribution in [0.2, 0.25) is 0 Å². The summed E-state index contributed by atoms with van der Waals surface area (Å²) >= 11 is 0. The van der Waals surface area contributed by atoms with Crippen molar-refractivity contribution in [3.63, 3.8) is 0 Å². The number of carbonyl (C=O) groups excluding carboxylic acids is 1. The third-order valence-electron chi connectivity index (χ3n) is 3.15. The average Bonchev–Trinajstić information content (AvgIpc) is 2.36. The number of hydrogen-bond donors (Lipinski definition) is 2. The first-order valence-corrected chi connectivity index (χ1v) is 6.54. The normalized spacial score (nSPS) is 12.7. The number of methoxy groups -OCH3 is 2. The summed E-state index contributed by atoms with van der Waals surface area (Å²) in [6.07, 6.45) is 0.267. The van der Waals surface area contributed by atoms with Crippen LogP contribution in [0.15, 0.2) is 18.2 Å². The van der Waals surface area contributed by atoms with Gasteiger partial charge in [-0.25, -0.2) is 0 Å². The van der Waals surface area contributed by atoms with Crippen LogP contribution in [0.1, 0.15) is 27.2 Å². The van der Waals surface area contributed by atoms with E-state index in [0.29, 0.717) is 17.2 Å². The summed E-state index contributed by atoms with van der Waals surface area (Å²) in [6, 6.07) is 5.03. The van der Waals surface area contributed by atoms with Gasteiger partial charge in [0.1, 0.15) is 11.5 Å². The lowest BCUT2D eigenvalue weighted by atomic mass is 9.85. The van der Waals surface area contributed by atoms with Crippen molar-refractivity contribution in [3.05, 3.63) is 18.2 Å². The molecule has 0 radical (unpaired) electrons. The molecule has 0 aliphatic heterocycles. The third kappa shape index (κ3) is 4.74. The number of hydrogen-bond acceptors (Lipinski definition) is 4. The van der Waals surface area contributed by atoms with E-state index in [0.717, 1.165) is 0 Å². The van der Waals surface area contributed by atoms with E-state index in [-0.39, 0.29) is 23.8 Å². The van der Waals surface area contributed by atoms with Gasteiger partial charge in [0.05, 0.1) is 14.2 Å². The second-order valence-corrected chi connectivity index (χ2v) is 5.83. The standard InChI is InChI=1S/C15H24N2O3/c1-15(2,3)13(16)9-14(18)17-10-6-11(19-4)8-12(7-10)20-5/h6-8,13H,9,16H2,1-5H3,(H,17,18). The zero-order valence-corrected chi connectivity index (χ0v) is 12.8. The minimum Gasteiger partial charge on any atom is -0.497 e. The number of anilines is 1. The van der Waals surface area contributed by atoms with Crippen molar-refractivity contribution in [3.8, 4) is 11.5 Å². The summed E-state index contributed by atoms with van der Waals surface area (Å²) in [7, 11) is 3.13. The van der Waals surface area contributed by atoms with Crippen LogP contribution >= 0.6 is 0 Å². The number of amides is 1. The van der Waals surface area contributed by atoms with Crippen molar-refractivity contribution < 1.29 is 14.3 Å². The molecular formula is C15H24N2O3. The van der Waals surface area contributed by atoms with Crippen molar-refractivity contribution in [1.29, 1.82) is 0 Å². The summed E-state index contributed by atoms with van der Waals surface area (Å²) in [4.78, 5) is 12.0. The number of carbonyl (C=O) groups is 1. The maximum absolute atomic E-state index is 12.0. The first-order valence-electron chi connectivity index (χ1n) is 6.54. The molecule has 0 bridgehead atoms. The van der Waals surface area contributed by atoms with Gasteiger partial charge in [-0.15, -0.1) is 0 Å². The summed E-state index contributed by atoms with van der Waals surface area (Å²) in [5.41, 5.74) is 6.53. The molecule has 5 nitrogen and oxygen atoms in total. The highest BCUT2D eigenvalue weighted by atomic mass is 16.5. The molecule has 0 saturated carbocycles. The van der Waals surface area contributed by atoms with E-state index in [1.54, 1.807) is 32.4 Å². The summed E-state index contributed by atoms with van der Waals surface area (Å²) in [5.74, 6) is 1.13. The van der Waals surface area contributed by atoms with E-state index in [4.69, 9.17) is 15.2 Å². The van der Waals surface area contributed by atoms with Gasteiger partial charge < -0.3 is 20.5 Å². The van der Waals surface area contributed by atoms with Crippen LogP contribution < -0.4 is 20.5 Å². The Kier molecular flexibility index (Phi) is 5.39. The number of rotatable bonds is 5. The molecule has 1 unspecified atom stereocenters. The van der Waals surface area contributed by atoms with Crippen LogP contribution in [0.3, 0.4) is 0 Å². The molecule has 0 aliphatic rings. The van der Waals surface area contributed by atoms with Crippen LogP contribution in [0.4, 0.5) is 5.69 Å². The first kappa shape index (κ1) is 16.3. The van der Waals surface area contributed by atoms with Crippen LogP contribution in [0, 0.1) is 5.41 Å². The zero-order valence-electron chi connectivity index (χ0n) is 12.8. The fourth-order valence-electron chi connectivity index (χ4n) is 1.60. The highest BCUT2D eigenvalue weighted by Gasteiger charge is 2.23. The zero-order chi connectivity index (χ0) is 15.3. The number of nitrogens with one attached hydrogen (secondary N) is 1. The van der Waals surface area contributed by atoms with Gasteiger partial charge in [-0.1, -0.05) is 20.8 Å². The molecule has 0 aromatic heterocycles. The molecule has 1 aromatic rings. The van der Waals surface area contributed by atoms with E-state index in [2.05, 4.69) is 5.32 Å². The Morgan fingerprint density at radius 3 is 2.10 bits per heavy atom. The predicted octanol–water partition coefficient (Wildman–Crippen LogP) is 2.41. The van der Waals surface area contributed by atoms with Gasteiger partial charge in [-0.05, 0) is 5.41 Å². The van der Waals surface area contributed by atoms with Gasteiger partial charge in [0.25, 0.3) is 0 Å². The van der Waals surface area contributed by atoms with Gasteiger partial charge in [0.2, 0.25) is 5.91 Å². The van der Waals surface area contributed by atoms with E-state index < -0.39 is 0 Å². The number of ether oxygens (including phenoxy) is 2. The van der Waals surface area contributed by atoms with E-state index in [1.165, 1.54) is 0 Å². The number of benzene rings is 1. The maximum Gasteiger partial charge on any atom is 0.225 e. The van der Waals surface area contributed by atoms with Crippen molar-refractivity contribution >= 4 is 11.6 Å². The van der Waals surface area contributed by atoms with Gasteiger partial charge in [-0.3, -0.25) is 4.79 Å². The van der Waals surface area contributed by atoms with Gasteiger partial charge in [-0.2, -0.15) is 0 Å². The lowest BCUT2D eigenvalue weighted by Gasteiger charge is -2.26. The maximum atomic E-state index is 12.0. The van der Waals surface area contributed by atoms with E-state index in [9.17, 15) is 4.79 Å². The topological polar surface area (TPSA) is 73.6 Å².